The number of carbonyl (C=O) groups excluding carboxylic acids is 2. The van der Waals surface area contributed by atoms with Crippen LogP contribution in [0.15, 0.2) is 97.2 Å². The zero-order valence-electron chi connectivity index (χ0n) is 22.0. The summed E-state index contributed by atoms with van der Waals surface area (Å²) in [6.07, 6.45) is 1.04. The van der Waals surface area contributed by atoms with Crippen LogP contribution in [0.1, 0.15) is 34.7 Å². The Balaban J connectivity index is 1.31. The number of aromatic amines is 1. The fraction of sp³-hybridized carbons (Fsp3) is 0.219. The maximum absolute atomic E-state index is 13.8. The molecule has 0 saturated heterocycles. The number of carboxylic acid groups (broad SMARTS) is 1. The first-order valence-electron chi connectivity index (χ1n) is 13.3. The van der Waals surface area contributed by atoms with Crippen LogP contribution >= 0.6 is 0 Å². The van der Waals surface area contributed by atoms with Crippen LogP contribution in [0.4, 0.5) is 4.79 Å². The molecule has 1 unspecified atom stereocenters. The molecule has 1 aliphatic rings. The molecule has 0 spiro atoms. The molecular weight excluding hydrogens is 506 g/mol. The summed E-state index contributed by atoms with van der Waals surface area (Å²) >= 11 is 0. The van der Waals surface area contributed by atoms with Crippen molar-refractivity contribution in [1.29, 1.82) is 0 Å². The molecule has 2 amide bonds. The molecule has 40 heavy (non-hydrogen) atoms. The molecule has 0 saturated carbocycles. The average Bonchev–Trinajstić information content (AvgIpc) is 3.60. The van der Waals surface area contributed by atoms with E-state index in [-0.39, 0.29) is 44.4 Å². The maximum Gasteiger partial charge on any atom is 0.407 e. The van der Waals surface area contributed by atoms with Gasteiger partial charge in [0.25, 0.3) is 0 Å². The predicted molar refractivity (Wildman–Crippen MR) is 151 cm³/mol. The molecule has 3 N–H and O–H groups in total. The number of carboxylic acids is 1. The van der Waals surface area contributed by atoms with Crippen LogP contribution in [0.2, 0.25) is 0 Å². The number of nitrogens with one attached hydrogen (secondary N) is 2. The largest absolute Gasteiger partial charge is 0.481 e. The Morgan fingerprint density at radius 3 is 2.15 bits per heavy atom. The Kier molecular flexibility index (Phi) is 8.25. The summed E-state index contributed by atoms with van der Waals surface area (Å²) in [6.45, 7) is 0.354. The van der Waals surface area contributed by atoms with Crippen LogP contribution in [0.25, 0.3) is 11.1 Å². The Morgan fingerprint density at radius 2 is 1.52 bits per heavy atom. The second-order valence-electron chi connectivity index (χ2n) is 9.81. The van der Waals surface area contributed by atoms with Crippen LogP contribution < -0.4 is 5.32 Å². The summed E-state index contributed by atoms with van der Waals surface area (Å²) < 4.78 is 5.71. The Labute approximate surface area is 232 Å². The summed E-state index contributed by atoms with van der Waals surface area (Å²) in [5, 5.41) is 12.0. The van der Waals surface area contributed by atoms with Crippen molar-refractivity contribution in [3.8, 4) is 11.1 Å². The molecule has 8 nitrogen and oxygen atoms in total. The number of nitrogens with zero attached hydrogens (tertiary/aromatic N) is 1. The summed E-state index contributed by atoms with van der Waals surface area (Å²) in [7, 11) is 0. The highest BCUT2D eigenvalue weighted by atomic mass is 16.5. The topological polar surface area (TPSA) is 112 Å². The maximum atomic E-state index is 13.8. The summed E-state index contributed by atoms with van der Waals surface area (Å²) in [5.41, 5.74) is 6.07. The number of aliphatic carboxylic acids is 1. The van der Waals surface area contributed by atoms with Gasteiger partial charge in [-0.25, -0.2) is 4.79 Å². The van der Waals surface area contributed by atoms with Gasteiger partial charge in [0.05, 0.1) is 6.42 Å². The van der Waals surface area contributed by atoms with E-state index in [0.29, 0.717) is 0 Å². The minimum absolute atomic E-state index is 0.0106. The van der Waals surface area contributed by atoms with Gasteiger partial charge in [0.15, 0.2) is 0 Å². The van der Waals surface area contributed by atoms with Gasteiger partial charge in [0, 0.05) is 37.3 Å². The molecule has 0 bridgehead atoms. The Hall–Kier alpha value is -4.85. The molecule has 5 rings (SSSR count). The van der Waals surface area contributed by atoms with Crippen molar-refractivity contribution in [3.05, 3.63) is 120 Å². The number of amides is 2. The van der Waals surface area contributed by atoms with E-state index < -0.39 is 18.1 Å². The number of H-pyrrole nitrogens is 1. The SMILES string of the molecule is O=C(O)CCN(Cc1ccccc1)C(=O)C(Cc1ccc[nH]1)NC(=O)OCC1c2ccccc2-c2ccccc21. The summed E-state index contributed by atoms with van der Waals surface area (Å²) in [4.78, 5) is 42.8. The third-order valence-electron chi connectivity index (χ3n) is 7.14. The molecule has 0 radical (unpaired) electrons. The van der Waals surface area contributed by atoms with Crippen molar-refractivity contribution in [3.63, 3.8) is 0 Å². The molecule has 0 aliphatic heterocycles. The standard InChI is InChI=1S/C32H31N3O5/c36-30(37)16-18-35(20-22-9-2-1-3-10-22)31(38)29(19-23-11-8-17-33-23)34-32(39)40-21-28-26-14-6-4-12-24(26)25-13-5-7-15-27(25)28/h1-15,17,28-29,33H,16,18-21H2,(H,34,39)(H,36,37). The lowest BCUT2D eigenvalue weighted by Crippen LogP contribution is -2.50. The normalized spacial score (nSPS) is 12.7. The highest BCUT2D eigenvalue weighted by Crippen LogP contribution is 2.44. The first kappa shape index (κ1) is 26.7. The van der Waals surface area contributed by atoms with E-state index in [0.717, 1.165) is 33.5 Å². The average molecular weight is 538 g/mol. The van der Waals surface area contributed by atoms with Crippen molar-refractivity contribution in [2.24, 2.45) is 0 Å². The number of fused-ring (bicyclic) bond motifs is 3. The van der Waals surface area contributed by atoms with Crippen LogP contribution in [0, 0.1) is 0 Å². The Morgan fingerprint density at radius 1 is 0.875 bits per heavy atom. The molecule has 204 valence electrons. The lowest BCUT2D eigenvalue weighted by atomic mass is 9.98. The van der Waals surface area contributed by atoms with Crippen molar-refractivity contribution in [2.45, 2.75) is 31.3 Å². The van der Waals surface area contributed by atoms with Crippen molar-refractivity contribution >= 4 is 18.0 Å². The van der Waals surface area contributed by atoms with Gasteiger partial charge in [-0.15, -0.1) is 0 Å². The fourth-order valence-corrected chi connectivity index (χ4v) is 5.22. The minimum atomic E-state index is -1.00. The number of alkyl carbamates (subject to hydrolysis) is 1. The highest BCUT2D eigenvalue weighted by molar-refractivity contribution is 5.86. The number of ether oxygens (including phenoxy) is 1. The van der Waals surface area contributed by atoms with Crippen LogP contribution in [-0.2, 0) is 27.3 Å². The van der Waals surface area contributed by atoms with E-state index in [4.69, 9.17) is 4.74 Å². The first-order chi connectivity index (χ1) is 19.5. The number of carbonyl (C=O) groups is 3. The van der Waals surface area contributed by atoms with Crippen LogP contribution in [0.5, 0.6) is 0 Å². The molecule has 1 heterocycles. The van der Waals surface area contributed by atoms with E-state index in [1.165, 1.54) is 4.90 Å². The molecule has 0 fully saturated rings. The number of hydrogen-bond donors (Lipinski definition) is 3. The summed E-state index contributed by atoms with van der Waals surface area (Å²) in [6, 6.07) is 28.2. The lowest BCUT2D eigenvalue weighted by Gasteiger charge is -2.27. The van der Waals surface area contributed by atoms with Crippen molar-refractivity contribution < 1.29 is 24.2 Å². The van der Waals surface area contributed by atoms with Gasteiger partial charge in [0.1, 0.15) is 12.6 Å². The molecule has 8 heteroatoms. The third-order valence-corrected chi connectivity index (χ3v) is 7.14. The quantitative estimate of drug-likeness (QED) is 0.250. The third kappa shape index (κ3) is 6.23. The van der Waals surface area contributed by atoms with Gasteiger partial charge >= 0.3 is 12.1 Å². The summed E-state index contributed by atoms with van der Waals surface area (Å²) in [5.74, 6) is -1.50. The van der Waals surface area contributed by atoms with Gasteiger partial charge in [-0.3, -0.25) is 9.59 Å². The van der Waals surface area contributed by atoms with E-state index in [9.17, 15) is 19.5 Å². The van der Waals surface area contributed by atoms with E-state index in [2.05, 4.69) is 22.4 Å². The molecular formula is C32H31N3O5. The van der Waals surface area contributed by atoms with Gasteiger partial charge in [-0.1, -0.05) is 78.9 Å². The van der Waals surface area contributed by atoms with Crippen molar-refractivity contribution in [1.82, 2.24) is 15.2 Å². The second kappa shape index (κ2) is 12.3. The smallest absolute Gasteiger partial charge is 0.407 e. The van der Waals surface area contributed by atoms with Crippen molar-refractivity contribution in [2.75, 3.05) is 13.2 Å². The van der Waals surface area contributed by atoms with Crippen LogP contribution in [0.3, 0.4) is 0 Å². The van der Waals surface area contributed by atoms with E-state index >= 15 is 0 Å². The zero-order chi connectivity index (χ0) is 27.9. The number of aromatic nitrogens is 1. The molecule has 4 aromatic rings. The second-order valence-corrected chi connectivity index (χ2v) is 9.81. The van der Waals surface area contributed by atoms with E-state index in [1.54, 1.807) is 6.20 Å². The molecule has 3 aromatic carbocycles. The van der Waals surface area contributed by atoms with Gasteiger partial charge in [0.2, 0.25) is 5.91 Å². The highest BCUT2D eigenvalue weighted by Gasteiger charge is 2.31. The van der Waals surface area contributed by atoms with Gasteiger partial charge < -0.3 is 25.0 Å². The lowest BCUT2D eigenvalue weighted by molar-refractivity contribution is -0.139. The molecule has 1 aromatic heterocycles. The van der Waals surface area contributed by atoms with Gasteiger partial charge in [-0.05, 0) is 39.9 Å². The Bertz CT molecular complexity index is 1420. The monoisotopic (exact) mass is 537 g/mol. The zero-order valence-corrected chi connectivity index (χ0v) is 22.0. The molecule has 1 aliphatic carbocycles. The minimum Gasteiger partial charge on any atom is -0.481 e. The predicted octanol–water partition coefficient (Wildman–Crippen LogP) is 4.97. The number of rotatable bonds is 11. The van der Waals surface area contributed by atoms with Crippen LogP contribution in [-0.4, -0.2) is 52.2 Å². The van der Waals surface area contributed by atoms with E-state index in [1.807, 2.05) is 78.9 Å². The number of benzene rings is 3. The number of hydrogen-bond acceptors (Lipinski definition) is 4. The molecule has 1 atom stereocenters. The first-order valence-corrected chi connectivity index (χ1v) is 13.3. The fourth-order valence-electron chi connectivity index (χ4n) is 5.22. The van der Waals surface area contributed by atoms with Gasteiger partial charge in [-0.2, -0.15) is 0 Å².